The molecule has 1 aromatic heterocycles. The first-order chi connectivity index (χ1) is 14.6. The molecule has 15 heteroatoms. The highest BCUT2D eigenvalue weighted by Gasteiger charge is 2.33. The number of nitrogens with zero attached hydrogens (tertiary/aromatic N) is 6. The molecule has 2 heterocycles. The van der Waals surface area contributed by atoms with Crippen LogP contribution in [0.15, 0.2) is 28.3 Å². The molecular formula is C16H18N6O7S2. The number of aryl methyl sites for hydroxylation is 1. The SMILES string of the molecule is CN(C(=O)COC(=O)c1cc([N+](=O)[O-])ccc1Sc1nnnn1C)[C@H]1CCS(=O)(=O)C1. The van der Waals surface area contributed by atoms with Gasteiger partial charge < -0.3 is 9.64 Å². The second-order valence-electron chi connectivity index (χ2n) is 6.76. The molecule has 2 aromatic rings. The Morgan fingerprint density at radius 2 is 2.16 bits per heavy atom. The lowest BCUT2D eigenvalue weighted by atomic mass is 10.2. The van der Waals surface area contributed by atoms with Gasteiger partial charge >= 0.3 is 5.97 Å². The van der Waals surface area contributed by atoms with Crippen molar-refractivity contribution in [3.05, 3.63) is 33.9 Å². The number of benzene rings is 1. The van der Waals surface area contributed by atoms with Gasteiger partial charge in [0.1, 0.15) is 0 Å². The number of hydrogen-bond acceptors (Lipinski definition) is 11. The van der Waals surface area contributed by atoms with Gasteiger partial charge in [0.25, 0.3) is 11.6 Å². The van der Waals surface area contributed by atoms with Crippen molar-refractivity contribution < 1.29 is 27.7 Å². The largest absolute Gasteiger partial charge is 0.452 e. The Hall–Kier alpha value is -3.07. The number of sulfone groups is 1. The van der Waals surface area contributed by atoms with Crippen LogP contribution in [0.4, 0.5) is 5.69 Å². The van der Waals surface area contributed by atoms with Gasteiger partial charge in [-0.1, -0.05) is 0 Å². The van der Waals surface area contributed by atoms with Gasteiger partial charge in [-0.05, 0) is 34.7 Å². The lowest BCUT2D eigenvalue weighted by Crippen LogP contribution is -2.40. The molecule has 0 N–H and O–H groups in total. The smallest absolute Gasteiger partial charge is 0.340 e. The minimum absolute atomic E-state index is 0.000243. The van der Waals surface area contributed by atoms with Crippen LogP contribution in [0.1, 0.15) is 16.8 Å². The molecule has 1 saturated heterocycles. The van der Waals surface area contributed by atoms with Crippen LogP contribution in [-0.4, -0.2) is 81.5 Å². The van der Waals surface area contributed by atoms with Crippen LogP contribution in [0.2, 0.25) is 0 Å². The predicted octanol–water partition coefficient (Wildman–Crippen LogP) is 0.0718. The predicted molar refractivity (Wildman–Crippen MR) is 106 cm³/mol. The molecule has 1 amide bonds. The van der Waals surface area contributed by atoms with E-state index in [-0.39, 0.29) is 22.8 Å². The van der Waals surface area contributed by atoms with Gasteiger partial charge in [0.15, 0.2) is 16.4 Å². The number of non-ortho nitro benzene ring substituents is 1. The summed E-state index contributed by atoms with van der Waals surface area (Å²) in [7, 11) is -0.153. The number of amides is 1. The summed E-state index contributed by atoms with van der Waals surface area (Å²) in [6.45, 7) is -0.635. The lowest BCUT2D eigenvalue weighted by molar-refractivity contribution is -0.384. The van der Waals surface area contributed by atoms with Crippen LogP contribution in [0.3, 0.4) is 0 Å². The number of rotatable bonds is 7. The third kappa shape index (κ3) is 5.35. The Balaban J connectivity index is 1.73. The van der Waals surface area contributed by atoms with E-state index in [9.17, 15) is 28.1 Å². The van der Waals surface area contributed by atoms with E-state index in [1.165, 1.54) is 28.8 Å². The number of hydrogen-bond donors (Lipinski definition) is 0. The van der Waals surface area contributed by atoms with E-state index in [0.29, 0.717) is 16.5 Å². The molecule has 0 saturated carbocycles. The number of esters is 1. The zero-order chi connectivity index (χ0) is 22.8. The standard InChI is InChI=1S/C16H18N6O7S2/c1-20(11-5-6-31(27,28)9-11)14(23)8-29-15(24)12-7-10(22(25)26)3-4-13(12)30-16-17-18-19-21(16)2/h3-4,7,11H,5-6,8-9H2,1-2H3/t11-/m0/s1. The third-order valence-corrected chi connectivity index (χ3v) is 7.51. The molecule has 0 aliphatic carbocycles. The number of tetrazole rings is 1. The van der Waals surface area contributed by atoms with Crippen LogP contribution >= 0.6 is 11.8 Å². The summed E-state index contributed by atoms with van der Waals surface area (Å²) in [5, 5.41) is 22.4. The number of carbonyl (C=O) groups is 2. The fourth-order valence-corrected chi connectivity index (χ4v) is 5.48. The summed E-state index contributed by atoms with van der Waals surface area (Å²) in [6.07, 6.45) is 0.315. The zero-order valence-electron chi connectivity index (χ0n) is 16.5. The minimum atomic E-state index is -3.18. The maximum Gasteiger partial charge on any atom is 0.340 e. The topological polar surface area (TPSA) is 167 Å². The summed E-state index contributed by atoms with van der Waals surface area (Å²) >= 11 is 0.998. The second kappa shape index (κ2) is 8.97. The fraction of sp³-hybridized carbons (Fsp3) is 0.438. The van der Waals surface area contributed by atoms with Crippen molar-refractivity contribution in [1.29, 1.82) is 0 Å². The highest BCUT2D eigenvalue weighted by atomic mass is 32.2. The van der Waals surface area contributed by atoms with Crippen LogP contribution < -0.4 is 0 Å². The van der Waals surface area contributed by atoms with E-state index < -0.39 is 39.3 Å². The quantitative estimate of drug-likeness (QED) is 0.305. The molecule has 1 atom stereocenters. The van der Waals surface area contributed by atoms with Crippen LogP contribution in [0, 0.1) is 10.1 Å². The molecular weight excluding hydrogens is 452 g/mol. The van der Waals surface area contributed by atoms with E-state index in [1.807, 2.05) is 0 Å². The highest BCUT2D eigenvalue weighted by Crippen LogP contribution is 2.31. The maximum absolute atomic E-state index is 12.6. The van der Waals surface area contributed by atoms with Gasteiger partial charge in [-0.25, -0.2) is 17.9 Å². The second-order valence-corrected chi connectivity index (χ2v) is 10.0. The molecule has 31 heavy (non-hydrogen) atoms. The number of carbonyl (C=O) groups excluding carboxylic acids is 2. The molecule has 0 spiro atoms. The number of likely N-dealkylation sites (N-methyl/N-ethyl adjacent to an activating group) is 1. The van der Waals surface area contributed by atoms with Crippen molar-refractivity contribution in [3.8, 4) is 0 Å². The molecule has 0 unspecified atom stereocenters. The molecule has 1 aromatic carbocycles. The zero-order valence-corrected chi connectivity index (χ0v) is 18.1. The molecule has 1 aliphatic rings. The number of ether oxygens (including phenoxy) is 1. The van der Waals surface area contributed by atoms with Gasteiger partial charge in [-0.15, -0.1) is 5.10 Å². The maximum atomic E-state index is 12.6. The number of nitro benzene ring substituents is 1. The van der Waals surface area contributed by atoms with Crippen LogP contribution in [0.25, 0.3) is 0 Å². The molecule has 1 aliphatic heterocycles. The summed E-state index contributed by atoms with van der Waals surface area (Å²) in [4.78, 5) is 37.0. The Morgan fingerprint density at radius 3 is 2.74 bits per heavy atom. The summed E-state index contributed by atoms with van der Waals surface area (Å²) in [5.41, 5.74) is -0.451. The summed E-state index contributed by atoms with van der Waals surface area (Å²) in [5.74, 6) is -1.66. The van der Waals surface area contributed by atoms with Gasteiger partial charge in [-0.3, -0.25) is 14.9 Å². The highest BCUT2D eigenvalue weighted by molar-refractivity contribution is 7.99. The van der Waals surface area contributed by atoms with Crippen LogP contribution in [0.5, 0.6) is 0 Å². The molecule has 1 fully saturated rings. The first kappa shape index (κ1) is 22.6. The van der Waals surface area contributed by atoms with Crippen molar-refractivity contribution in [3.63, 3.8) is 0 Å². The van der Waals surface area contributed by atoms with E-state index >= 15 is 0 Å². The average Bonchev–Trinajstić information content (AvgIpc) is 3.29. The molecule has 0 bridgehead atoms. The van der Waals surface area contributed by atoms with Gasteiger partial charge in [-0.2, -0.15) is 0 Å². The average molecular weight is 470 g/mol. The normalized spacial score (nSPS) is 17.3. The molecule has 3 rings (SSSR count). The number of aromatic nitrogens is 4. The van der Waals surface area contributed by atoms with E-state index in [4.69, 9.17) is 4.74 Å². The molecule has 166 valence electrons. The summed E-state index contributed by atoms with van der Waals surface area (Å²) in [6, 6.07) is 3.16. The van der Waals surface area contributed by atoms with Crippen molar-refractivity contribution in [2.45, 2.75) is 22.5 Å². The third-order valence-electron chi connectivity index (χ3n) is 4.65. The van der Waals surface area contributed by atoms with Crippen molar-refractivity contribution in [2.75, 3.05) is 25.2 Å². The fourth-order valence-electron chi connectivity index (χ4n) is 2.88. The first-order valence-electron chi connectivity index (χ1n) is 8.89. The Kier molecular flexibility index (Phi) is 6.54. The van der Waals surface area contributed by atoms with Crippen molar-refractivity contribution in [2.24, 2.45) is 7.05 Å². The van der Waals surface area contributed by atoms with Gasteiger partial charge in [0.2, 0.25) is 5.16 Å². The first-order valence-corrected chi connectivity index (χ1v) is 11.5. The number of nitro groups is 1. The minimum Gasteiger partial charge on any atom is -0.452 e. The Morgan fingerprint density at radius 1 is 1.42 bits per heavy atom. The van der Waals surface area contributed by atoms with E-state index in [1.54, 1.807) is 7.05 Å². The van der Waals surface area contributed by atoms with Crippen LogP contribution in [-0.2, 0) is 26.4 Å². The summed E-state index contributed by atoms with van der Waals surface area (Å²) < 4.78 is 29.6. The van der Waals surface area contributed by atoms with Crippen molar-refractivity contribution in [1.82, 2.24) is 25.1 Å². The Labute approximate surface area is 180 Å². The lowest BCUT2D eigenvalue weighted by Gasteiger charge is -2.23. The van der Waals surface area contributed by atoms with Gasteiger partial charge in [0.05, 0.1) is 22.0 Å². The van der Waals surface area contributed by atoms with E-state index in [2.05, 4.69) is 15.5 Å². The van der Waals surface area contributed by atoms with Crippen molar-refractivity contribution >= 4 is 39.2 Å². The monoisotopic (exact) mass is 470 g/mol. The molecule has 13 nitrogen and oxygen atoms in total. The van der Waals surface area contributed by atoms with E-state index in [0.717, 1.165) is 17.8 Å². The van der Waals surface area contributed by atoms with Gasteiger partial charge in [0, 0.05) is 37.2 Å². The Bertz CT molecular complexity index is 1130. The molecule has 0 radical (unpaired) electrons.